The number of aromatic nitrogens is 1. The molecule has 0 aliphatic carbocycles. The molecule has 3 aromatic rings. The molecule has 1 aromatic heterocycles. The number of pyridine rings is 1. The number of hydrogen-bond donors (Lipinski definition) is 0. The predicted molar refractivity (Wildman–Crippen MR) is 76.3 cm³/mol. The fourth-order valence-corrected chi connectivity index (χ4v) is 2.41. The highest BCUT2D eigenvalue weighted by molar-refractivity contribution is 5.85. The highest BCUT2D eigenvalue weighted by Crippen LogP contribution is 2.22. The molecular formula is C16H12FN2O2+. The topological polar surface area (TPSA) is 47.0 Å². The minimum atomic E-state index is -0.394. The van der Waals surface area contributed by atoms with Crippen LogP contribution >= 0.6 is 0 Å². The fraction of sp³-hybridized carbons (Fsp3) is 0.0625. The first kappa shape index (κ1) is 13.2. The van der Waals surface area contributed by atoms with Crippen LogP contribution in [0.5, 0.6) is 0 Å². The van der Waals surface area contributed by atoms with Crippen LogP contribution in [-0.4, -0.2) is 4.92 Å². The van der Waals surface area contributed by atoms with Crippen LogP contribution in [0.3, 0.4) is 0 Å². The lowest BCUT2D eigenvalue weighted by Gasteiger charge is -2.02. The summed E-state index contributed by atoms with van der Waals surface area (Å²) in [6.07, 6.45) is 1.83. The third kappa shape index (κ3) is 2.58. The van der Waals surface area contributed by atoms with Crippen LogP contribution in [0.4, 0.5) is 10.1 Å². The van der Waals surface area contributed by atoms with Gasteiger partial charge in [0.15, 0.2) is 12.7 Å². The molecule has 0 aliphatic rings. The summed E-state index contributed by atoms with van der Waals surface area (Å²) in [6, 6.07) is 14.8. The lowest BCUT2D eigenvalue weighted by Crippen LogP contribution is -2.34. The van der Waals surface area contributed by atoms with Gasteiger partial charge in [0.25, 0.3) is 5.69 Å². The van der Waals surface area contributed by atoms with Crippen molar-refractivity contribution in [1.29, 1.82) is 0 Å². The standard InChI is InChI=1S/C16H12FN2O2/c17-13-5-1-4-12(10-13)11-18-9-3-6-14-15(18)7-2-8-16(14)19(20)21/h1-10H,11H2/q+1. The van der Waals surface area contributed by atoms with Crippen LogP contribution in [0.2, 0.25) is 0 Å². The number of benzene rings is 2. The number of non-ortho nitro benzene ring substituents is 1. The number of nitro groups is 1. The Hall–Kier alpha value is -2.82. The molecule has 0 N–H and O–H groups in total. The average Bonchev–Trinajstić information content (AvgIpc) is 2.47. The molecule has 3 rings (SSSR count). The van der Waals surface area contributed by atoms with Gasteiger partial charge in [-0.05, 0) is 24.3 Å². The molecule has 0 spiro atoms. The molecule has 1 heterocycles. The van der Waals surface area contributed by atoms with Gasteiger partial charge < -0.3 is 0 Å². The van der Waals surface area contributed by atoms with Gasteiger partial charge in [-0.25, -0.2) is 4.39 Å². The quantitative estimate of drug-likeness (QED) is 0.421. The third-order valence-corrected chi connectivity index (χ3v) is 3.34. The van der Waals surface area contributed by atoms with E-state index < -0.39 is 4.92 Å². The van der Waals surface area contributed by atoms with Crippen molar-refractivity contribution in [3.63, 3.8) is 0 Å². The van der Waals surface area contributed by atoms with Gasteiger partial charge >= 0.3 is 0 Å². The molecule has 104 valence electrons. The van der Waals surface area contributed by atoms with Gasteiger partial charge in [0.2, 0.25) is 5.52 Å². The molecule has 0 fully saturated rings. The molecule has 0 bridgehead atoms. The van der Waals surface area contributed by atoms with Crippen molar-refractivity contribution in [3.05, 3.63) is 82.3 Å². The zero-order chi connectivity index (χ0) is 14.8. The van der Waals surface area contributed by atoms with Gasteiger partial charge in [-0.3, -0.25) is 10.1 Å². The molecule has 0 amide bonds. The van der Waals surface area contributed by atoms with E-state index in [9.17, 15) is 14.5 Å². The van der Waals surface area contributed by atoms with E-state index in [0.29, 0.717) is 11.9 Å². The molecular weight excluding hydrogens is 271 g/mol. The maximum absolute atomic E-state index is 13.3. The van der Waals surface area contributed by atoms with Crippen molar-refractivity contribution < 1.29 is 13.9 Å². The summed E-state index contributed by atoms with van der Waals surface area (Å²) < 4.78 is 15.1. The Kier molecular flexibility index (Phi) is 3.31. The predicted octanol–water partition coefficient (Wildman–Crippen LogP) is 3.22. The summed E-state index contributed by atoms with van der Waals surface area (Å²) in [4.78, 5) is 10.7. The molecule has 0 unspecified atom stereocenters. The Morgan fingerprint density at radius 3 is 2.67 bits per heavy atom. The van der Waals surface area contributed by atoms with Crippen LogP contribution in [0, 0.1) is 15.9 Å². The first-order valence-corrected chi connectivity index (χ1v) is 6.45. The first-order chi connectivity index (χ1) is 10.1. The van der Waals surface area contributed by atoms with E-state index in [2.05, 4.69) is 0 Å². The molecule has 5 heteroatoms. The van der Waals surface area contributed by atoms with Crippen molar-refractivity contribution in [2.45, 2.75) is 6.54 Å². The summed E-state index contributed by atoms with van der Waals surface area (Å²) >= 11 is 0. The Morgan fingerprint density at radius 1 is 1.10 bits per heavy atom. The van der Waals surface area contributed by atoms with Crippen LogP contribution in [0.1, 0.15) is 5.56 Å². The van der Waals surface area contributed by atoms with E-state index in [0.717, 1.165) is 11.1 Å². The second kappa shape index (κ2) is 5.28. The number of fused-ring (bicyclic) bond motifs is 1. The number of hydrogen-bond acceptors (Lipinski definition) is 2. The monoisotopic (exact) mass is 283 g/mol. The molecule has 4 nitrogen and oxygen atoms in total. The van der Waals surface area contributed by atoms with Gasteiger partial charge in [-0.1, -0.05) is 12.1 Å². The lowest BCUT2D eigenvalue weighted by molar-refractivity contribution is -0.662. The smallest absolute Gasteiger partial charge is 0.258 e. The first-order valence-electron chi connectivity index (χ1n) is 6.45. The van der Waals surface area contributed by atoms with Gasteiger partial charge in [0.05, 0.1) is 4.92 Å². The minimum absolute atomic E-state index is 0.0705. The normalized spacial score (nSPS) is 10.7. The summed E-state index contributed by atoms with van der Waals surface area (Å²) in [7, 11) is 0. The van der Waals surface area contributed by atoms with Gasteiger partial charge in [0, 0.05) is 23.8 Å². The molecule has 0 radical (unpaired) electrons. The van der Waals surface area contributed by atoms with E-state index in [1.54, 1.807) is 24.3 Å². The molecule has 0 saturated carbocycles. The van der Waals surface area contributed by atoms with E-state index >= 15 is 0 Å². The van der Waals surface area contributed by atoms with Crippen LogP contribution in [0.15, 0.2) is 60.8 Å². The summed E-state index contributed by atoms with van der Waals surface area (Å²) in [6.45, 7) is 0.455. The average molecular weight is 283 g/mol. The Bertz CT molecular complexity index is 833. The summed E-state index contributed by atoms with van der Waals surface area (Å²) in [5.74, 6) is -0.292. The second-order valence-corrected chi connectivity index (χ2v) is 4.73. The lowest BCUT2D eigenvalue weighted by atomic mass is 10.1. The molecule has 0 aliphatic heterocycles. The van der Waals surface area contributed by atoms with Crippen molar-refractivity contribution in [3.8, 4) is 0 Å². The number of rotatable bonds is 3. The Balaban J connectivity index is 2.11. The molecule has 0 atom stereocenters. The van der Waals surface area contributed by atoms with E-state index in [-0.39, 0.29) is 11.5 Å². The zero-order valence-electron chi connectivity index (χ0n) is 11.1. The van der Waals surface area contributed by atoms with E-state index in [1.807, 2.05) is 22.9 Å². The number of halogens is 1. The van der Waals surface area contributed by atoms with Crippen LogP contribution < -0.4 is 4.57 Å². The highest BCUT2D eigenvalue weighted by Gasteiger charge is 2.17. The van der Waals surface area contributed by atoms with Crippen molar-refractivity contribution in [1.82, 2.24) is 0 Å². The van der Waals surface area contributed by atoms with Crippen molar-refractivity contribution in [2.24, 2.45) is 0 Å². The zero-order valence-corrected chi connectivity index (χ0v) is 11.1. The van der Waals surface area contributed by atoms with Crippen molar-refractivity contribution in [2.75, 3.05) is 0 Å². The van der Waals surface area contributed by atoms with E-state index in [1.165, 1.54) is 18.2 Å². The van der Waals surface area contributed by atoms with Crippen LogP contribution in [0.25, 0.3) is 10.9 Å². The maximum Gasteiger partial charge on any atom is 0.283 e. The van der Waals surface area contributed by atoms with E-state index in [4.69, 9.17) is 0 Å². The number of nitro benzene ring substituents is 1. The largest absolute Gasteiger partial charge is 0.283 e. The molecule has 21 heavy (non-hydrogen) atoms. The SMILES string of the molecule is O=[N+]([O-])c1cccc2c1ccc[n+]2Cc1cccc(F)c1. The molecule has 0 saturated heterocycles. The second-order valence-electron chi connectivity index (χ2n) is 4.73. The third-order valence-electron chi connectivity index (χ3n) is 3.34. The highest BCUT2D eigenvalue weighted by atomic mass is 19.1. The van der Waals surface area contributed by atoms with Gasteiger partial charge in [0.1, 0.15) is 11.2 Å². The molecule has 2 aromatic carbocycles. The Labute approximate surface area is 120 Å². The van der Waals surface area contributed by atoms with Crippen LogP contribution in [-0.2, 0) is 6.54 Å². The van der Waals surface area contributed by atoms with Crippen molar-refractivity contribution >= 4 is 16.6 Å². The fourth-order valence-electron chi connectivity index (χ4n) is 2.41. The van der Waals surface area contributed by atoms with Gasteiger partial charge in [-0.2, -0.15) is 4.57 Å². The maximum atomic E-state index is 13.3. The Morgan fingerprint density at radius 2 is 1.90 bits per heavy atom. The summed E-state index contributed by atoms with van der Waals surface area (Å²) in [5, 5.41) is 11.6. The van der Waals surface area contributed by atoms with Gasteiger partial charge in [-0.15, -0.1) is 0 Å². The number of nitrogens with zero attached hydrogens (tertiary/aromatic N) is 2. The minimum Gasteiger partial charge on any atom is -0.258 e. The summed E-state index contributed by atoms with van der Waals surface area (Å²) in [5.41, 5.74) is 1.62.